The van der Waals surface area contributed by atoms with Crippen molar-refractivity contribution < 1.29 is 56.2 Å². The van der Waals surface area contributed by atoms with E-state index in [9.17, 15) is 9.59 Å². The van der Waals surface area contributed by atoms with E-state index in [-0.39, 0.29) is 62.8 Å². The normalized spacial score (nSPS) is 11.0. The van der Waals surface area contributed by atoms with Crippen molar-refractivity contribution in [2.24, 2.45) is 11.8 Å². The largest absolute Gasteiger partial charge is 0.400 e. The molecule has 0 saturated heterocycles. The van der Waals surface area contributed by atoms with E-state index < -0.39 is 0 Å². The van der Waals surface area contributed by atoms with Crippen LogP contribution in [0.15, 0.2) is 0 Å². The van der Waals surface area contributed by atoms with Crippen molar-refractivity contribution in [1.29, 1.82) is 0 Å². The average Bonchev–Trinajstić information content (AvgIpc) is 2.62. The summed E-state index contributed by atoms with van der Waals surface area (Å²) >= 11 is 0. The summed E-state index contributed by atoms with van der Waals surface area (Å²) in [4.78, 5) is 22.1. The summed E-state index contributed by atoms with van der Waals surface area (Å²) in [6, 6.07) is 0. The number of ketones is 2. The molecule has 0 bridgehead atoms. The summed E-state index contributed by atoms with van der Waals surface area (Å²) < 4.78 is 0. The Hall–Kier alpha value is 0.0631. The summed E-state index contributed by atoms with van der Waals surface area (Å²) in [6.45, 7) is 7.82. The zero-order valence-corrected chi connectivity index (χ0v) is 19.4. The van der Waals surface area contributed by atoms with Gasteiger partial charge in [-0.05, 0) is 25.7 Å². The molecular formula is C18H40O6Zr. The van der Waals surface area contributed by atoms with Crippen LogP contribution in [0.5, 0.6) is 0 Å². The molecule has 4 N–H and O–H groups in total. The van der Waals surface area contributed by atoms with Gasteiger partial charge in [0.15, 0.2) is 0 Å². The molecule has 0 spiro atoms. The number of hydrogen-bond acceptors (Lipinski definition) is 6. The first-order chi connectivity index (χ1) is 11.5. The maximum atomic E-state index is 11.0. The fourth-order valence-corrected chi connectivity index (χ4v) is 1.82. The third kappa shape index (κ3) is 24.1. The van der Waals surface area contributed by atoms with E-state index in [1.807, 2.05) is 27.7 Å². The van der Waals surface area contributed by atoms with Gasteiger partial charge in [0, 0.05) is 65.1 Å². The van der Waals surface area contributed by atoms with E-state index in [0.717, 1.165) is 39.9 Å². The molecule has 0 saturated carbocycles. The number of hydrogen-bond donors (Lipinski definition) is 4. The molecule has 0 aromatic heterocycles. The molecule has 0 aliphatic heterocycles. The predicted molar refractivity (Wildman–Crippen MR) is 97.8 cm³/mol. The second-order valence-electron chi connectivity index (χ2n) is 5.01. The molecule has 25 heavy (non-hydrogen) atoms. The number of aliphatic hydroxyl groups is 4. The molecule has 0 radical (unpaired) electrons. The molecule has 152 valence electrons. The molecule has 7 heteroatoms. The fraction of sp³-hybridized carbons (Fsp3) is 0.889. The topological polar surface area (TPSA) is 115 Å². The van der Waals surface area contributed by atoms with Crippen LogP contribution in [0.3, 0.4) is 0 Å². The van der Waals surface area contributed by atoms with Crippen molar-refractivity contribution in [2.75, 3.05) is 27.4 Å². The fourth-order valence-electron chi connectivity index (χ4n) is 1.82. The molecule has 0 aromatic rings. The van der Waals surface area contributed by atoms with Gasteiger partial charge in [0.05, 0.1) is 13.2 Å². The Morgan fingerprint density at radius 2 is 0.920 bits per heavy atom. The van der Waals surface area contributed by atoms with Gasteiger partial charge in [-0.3, -0.25) is 9.59 Å². The monoisotopic (exact) mass is 442 g/mol. The van der Waals surface area contributed by atoms with E-state index in [4.69, 9.17) is 20.4 Å². The molecule has 0 aliphatic rings. The van der Waals surface area contributed by atoms with E-state index in [1.165, 1.54) is 0 Å². The van der Waals surface area contributed by atoms with Crippen LogP contribution in [0.4, 0.5) is 0 Å². The minimum Gasteiger partial charge on any atom is -0.400 e. The van der Waals surface area contributed by atoms with E-state index in [0.29, 0.717) is 12.8 Å². The Kier molecular flexibility index (Phi) is 45.9. The van der Waals surface area contributed by atoms with E-state index >= 15 is 0 Å². The number of Topliss-reactive ketones (excluding diaryl/α,β-unsaturated/α-hetero) is 2. The molecule has 2 atom stereocenters. The van der Waals surface area contributed by atoms with Crippen molar-refractivity contribution in [2.45, 2.75) is 66.2 Å². The second kappa shape index (κ2) is 31.8. The van der Waals surface area contributed by atoms with Crippen LogP contribution in [0.2, 0.25) is 0 Å². The third-order valence-electron chi connectivity index (χ3n) is 3.33. The third-order valence-corrected chi connectivity index (χ3v) is 3.33. The van der Waals surface area contributed by atoms with Crippen LogP contribution in [-0.2, 0) is 35.8 Å². The van der Waals surface area contributed by atoms with Gasteiger partial charge < -0.3 is 20.4 Å². The van der Waals surface area contributed by atoms with Crippen LogP contribution < -0.4 is 0 Å². The SMILES string of the molecule is CCCC(=O)C(CC)CO.CCCC(=O)C(CC)CO.CO.CO.[Zr]. The van der Waals surface area contributed by atoms with Crippen LogP contribution >= 0.6 is 0 Å². The minimum atomic E-state index is -0.111. The Labute approximate surface area is 173 Å². The zero-order chi connectivity index (χ0) is 20.0. The molecule has 2 unspecified atom stereocenters. The Morgan fingerprint density at radius 1 is 0.680 bits per heavy atom. The zero-order valence-electron chi connectivity index (χ0n) is 16.9. The minimum absolute atomic E-state index is 0. The summed E-state index contributed by atoms with van der Waals surface area (Å²) in [5.74, 6) is 0.180. The predicted octanol–water partition coefficient (Wildman–Crippen LogP) is 1.96. The maximum Gasteiger partial charge on any atom is 0.138 e. The van der Waals surface area contributed by atoms with E-state index in [1.54, 1.807) is 0 Å². The summed E-state index contributed by atoms with van der Waals surface area (Å²) in [5, 5.41) is 31.4. The number of rotatable bonds is 10. The Balaban J connectivity index is -0.0000000858. The van der Waals surface area contributed by atoms with Gasteiger partial charge in [-0.1, -0.05) is 27.7 Å². The van der Waals surface area contributed by atoms with Gasteiger partial charge in [0.2, 0.25) is 0 Å². The second-order valence-corrected chi connectivity index (χ2v) is 5.01. The van der Waals surface area contributed by atoms with Gasteiger partial charge in [0.25, 0.3) is 0 Å². The average molecular weight is 444 g/mol. The van der Waals surface area contributed by atoms with Crippen LogP contribution in [0.25, 0.3) is 0 Å². The van der Waals surface area contributed by atoms with Crippen molar-refractivity contribution >= 4 is 11.6 Å². The van der Waals surface area contributed by atoms with Crippen molar-refractivity contribution in [3.63, 3.8) is 0 Å². The molecule has 0 heterocycles. The summed E-state index contributed by atoms with van der Waals surface area (Å²) in [6.07, 6.45) is 4.51. The van der Waals surface area contributed by atoms with Gasteiger partial charge in [-0.15, -0.1) is 0 Å². The maximum absolute atomic E-state index is 11.0. The van der Waals surface area contributed by atoms with Crippen molar-refractivity contribution in [3.05, 3.63) is 0 Å². The van der Waals surface area contributed by atoms with Gasteiger partial charge in [-0.25, -0.2) is 0 Å². The molecule has 0 rings (SSSR count). The number of carbonyl (C=O) groups is 2. The first-order valence-corrected chi connectivity index (χ1v) is 8.68. The standard InChI is InChI=1S/2C8H16O2.2CH4O.Zr/c2*1-3-5-8(10)7(4-2)6-9;2*1-2;/h2*7,9H,3-6H2,1-2H3;2*2H,1H3;. The molecule has 6 nitrogen and oxygen atoms in total. The molecule has 0 fully saturated rings. The van der Waals surface area contributed by atoms with Crippen LogP contribution in [0, 0.1) is 11.8 Å². The van der Waals surface area contributed by atoms with Crippen molar-refractivity contribution in [3.8, 4) is 0 Å². The summed E-state index contributed by atoms with van der Waals surface area (Å²) in [7, 11) is 2.00. The number of aliphatic hydroxyl groups excluding tert-OH is 4. The number of carbonyl (C=O) groups excluding carboxylic acids is 2. The van der Waals surface area contributed by atoms with Gasteiger partial charge >= 0.3 is 0 Å². The van der Waals surface area contributed by atoms with E-state index in [2.05, 4.69) is 0 Å². The summed E-state index contributed by atoms with van der Waals surface area (Å²) in [5.41, 5.74) is 0. The first-order valence-electron chi connectivity index (χ1n) is 8.68. The molecule has 0 aromatic carbocycles. The molecule has 0 amide bonds. The Morgan fingerprint density at radius 3 is 1.04 bits per heavy atom. The Bertz CT molecular complexity index is 228. The quantitative estimate of drug-likeness (QED) is 0.410. The molecule has 0 aliphatic carbocycles. The van der Waals surface area contributed by atoms with Crippen molar-refractivity contribution in [1.82, 2.24) is 0 Å². The first kappa shape index (κ1) is 36.1. The van der Waals surface area contributed by atoms with Crippen LogP contribution in [0.1, 0.15) is 66.2 Å². The van der Waals surface area contributed by atoms with Crippen LogP contribution in [-0.4, -0.2) is 59.4 Å². The smallest absolute Gasteiger partial charge is 0.138 e. The molecular weight excluding hydrogens is 403 g/mol. The van der Waals surface area contributed by atoms with Gasteiger partial charge in [0.1, 0.15) is 11.6 Å². The van der Waals surface area contributed by atoms with Gasteiger partial charge in [-0.2, -0.15) is 0 Å².